The van der Waals surface area contributed by atoms with Crippen LogP contribution in [0.15, 0.2) is 54.6 Å². The fraction of sp³-hybridized carbons (Fsp3) is 0.407. The molecule has 2 heterocycles. The highest BCUT2D eigenvalue weighted by molar-refractivity contribution is 5.99. The van der Waals surface area contributed by atoms with Crippen LogP contribution in [0, 0.1) is 5.92 Å². The summed E-state index contributed by atoms with van der Waals surface area (Å²) in [5.41, 5.74) is 4.16. The molecule has 1 aliphatic heterocycles. The Kier molecular flexibility index (Phi) is 6.07. The molecule has 6 heteroatoms. The molecule has 33 heavy (non-hydrogen) atoms. The van der Waals surface area contributed by atoms with Gasteiger partial charge in [-0.25, -0.2) is 0 Å². The SMILES string of the molecule is Cn1c(C(=O)N[C@H]2CCCC[C@H]2C(=O)NCC2CCc3ccccc3N2)cc2ccccc21. The molecule has 2 aromatic carbocycles. The maximum absolute atomic E-state index is 13.1. The zero-order valence-corrected chi connectivity index (χ0v) is 19.1. The Morgan fingerprint density at radius 1 is 1.03 bits per heavy atom. The van der Waals surface area contributed by atoms with E-state index in [0.29, 0.717) is 12.2 Å². The van der Waals surface area contributed by atoms with Gasteiger partial charge in [0.25, 0.3) is 5.91 Å². The summed E-state index contributed by atoms with van der Waals surface area (Å²) < 4.78 is 1.93. The number of carbonyl (C=O) groups is 2. The van der Waals surface area contributed by atoms with Crippen molar-refractivity contribution in [3.8, 4) is 0 Å². The molecule has 0 bridgehead atoms. The fourth-order valence-electron chi connectivity index (χ4n) is 5.38. The first-order valence-electron chi connectivity index (χ1n) is 12.1. The standard InChI is InChI=1S/C27H32N4O2/c1-31-24-13-7-3-9-19(24)16-25(31)27(33)30-23-12-6-4-10-21(23)26(32)28-17-20-15-14-18-8-2-5-11-22(18)29-20/h2-3,5,7-9,11,13,16,20-21,23,29H,4,6,10,12,14-15,17H2,1H3,(H,28,32)(H,30,33)/t20?,21-,23+/m1/s1. The molecule has 0 spiro atoms. The molecule has 2 aliphatic rings. The molecular weight excluding hydrogens is 412 g/mol. The molecular formula is C27H32N4O2. The average molecular weight is 445 g/mol. The number of hydrogen-bond acceptors (Lipinski definition) is 3. The molecule has 2 amide bonds. The summed E-state index contributed by atoms with van der Waals surface area (Å²) in [7, 11) is 1.91. The lowest BCUT2D eigenvalue weighted by atomic mass is 9.83. The third kappa shape index (κ3) is 4.47. The third-order valence-corrected chi connectivity index (χ3v) is 7.27. The number of benzene rings is 2. The zero-order valence-electron chi connectivity index (χ0n) is 19.1. The van der Waals surface area contributed by atoms with Gasteiger partial charge in [-0.1, -0.05) is 49.2 Å². The summed E-state index contributed by atoms with van der Waals surface area (Å²) in [4.78, 5) is 26.2. The Hall–Kier alpha value is -3.28. The molecule has 3 N–H and O–H groups in total. The quantitative estimate of drug-likeness (QED) is 0.557. The molecule has 0 radical (unpaired) electrons. The summed E-state index contributed by atoms with van der Waals surface area (Å²) in [6.45, 7) is 0.605. The number of anilines is 1. The second-order valence-electron chi connectivity index (χ2n) is 9.40. The van der Waals surface area contributed by atoms with Gasteiger partial charge in [0.2, 0.25) is 5.91 Å². The first-order chi connectivity index (χ1) is 16.1. The predicted molar refractivity (Wildman–Crippen MR) is 131 cm³/mol. The van der Waals surface area contributed by atoms with Crippen LogP contribution in [0.3, 0.4) is 0 Å². The van der Waals surface area contributed by atoms with Crippen LogP contribution in [0.2, 0.25) is 0 Å². The maximum atomic E-state index is 13.1. The number of para-hydroxylation sites is 2. The van der Waals surface area contributed by atoms with Crippen molar-refractivity contribution in [2.75, 3.05) is 11.9 Å². The summed E-state index contributed by atoms with van der Waals surface area (Å²) in [6, 6.07) is 18.4. The minimum atomic E-state index is -0.187. The molecule has 0 saturated heterocycles. The largest absolute Gasteiger partial charge is 0.380 e. The van der Waals surface area contributed by atoms with Crippen molar-refractivity contribution in [1.82, 2.24) is 15.2 Å². The van der Waals surface area contributed by atoms with Gasteiger partial charge in [0.15, 0.2) is 0 Å². The fourth-order valence-corrected chi connectivity index (χ4v) is 5.38. The normalized spacial score (nSPS) is 22.3. The first-order valence-corrected chi connectivity index (χ1v) is 12.1. The van der Waals surface area contributed by atoms with Crippen molar-refractivity contribution in [3.63, 3.8) is 0 Å². The maximum Gasteiger partial charge on any atom is 0.268 e. The Bertz CT molecular complexity index is 1170. The Balaban J connectivity index is 1.21. The number of aryl methyl sites for hydroxylation is 2. The van der Waals surface area contributed by atoms with E-state index in [1.54, 1.807) is 0 Å². The topological polar surface area (TPSA) is 75.2 Å². The van der Waals surface area contributed by atoms with Gasteiger partial charge < -0.3 is 20.5 Å². The van der Waals surface area contributed by atoms with E-state index in [4.69, 9.17) is 0 Å². The number of carbonyl (C=O) groups excluding carboxylic acids is 2. The number of nitrogens with zero attached hydrogens (tertiary/aromatic N) is 1. The van der Waals surface area contributed by atoms with Crippen molar-refractivity contribution < 1.29 is 9.59 Å². The van der Waals surface area contributed by atoms with Crippen LogP contribution in [-0.2, 0) is 18.3 Å². The number of nitrogens with one attached hydrogen (secondary N) is 3. The van der Waals surface area contributed by atoms with Crippen LogP contribution in [0.4, 0.5) is 5.69 Å². The summed E-state index contributed by atoms with van der Waals surface area (Å²) in [5, 5.41) is 11.0. The van der Waals surface area contributed by atoms with Crippen molar-refractivity contribution in [3.05, 3.63) is 65.9 Å². The number of hydrogen-bond donors (Lipinski definition) is 3. The molecule has 1 unspecified atom stereocenters. The van der Waals surface area contributed by atoms with Crippen LogP contribution < -0.4 is 16.0 Å². The van der Waals surface area contributed by atoms with E-state index in [1.165, 1.54) is 11.3 Å². The summed E-state index contributed by atoms with van der Waals surface area (Å²) in [6.07, 6.45) is 5.73. The zero-order chi connectivity index (χ0) is 22.8. The number of aromatic nitrogens is 1. The van der Waals surface area contributed by atoms with Gasteiger partial charge in [0.05, 0.1) is 5.92 Å². The van der Waals surface area contributed by atoms with Crippen molar-refractivity contribution in [1.29, 1.82) is 0 Å². The highest BCUT2D eigenvalue weighted by atomic mass is 16.2. The van der Waals surface area contributed by atoms with Gasteiger partial charge >= 0.3 is 0 Å². The number of rotatable bonds is 5. The van der Waals surface area contributed by atoms with E-state index < -0.39 is 0 Å². The van der Waals surface area contributed by atoms with Gasteiger partial charge in [0, 0.05) is 42.3 Å². The highest BCUT2D eigenvalue weighted by Gasteiger charge is 2.33. The predicted octanol–water partition coefficient (Wildman–Crippen LogP) is 4.01. The van der Waals surface area contributed by atoms with Gasteiger partial charge in [-0.2, -0.15) is 0 Å². The first kappa shape index (κ1) is 21.6. The molecule has 1 fully saturated rings. The van der Waals surface area contributed by atoms with Crippen LogP contribution in [0.25, 0.3) is 10.9 Å². The highest BCUT2D eigenvalue weighted by Crippen LogP contribution is 2.27. The van der Waals surface area contributed by atoms with E-state index >= 15 is 0 Å². The Labute approximate surface area is 194 Å². The monoisotopic (exact) mass is 444 g/mol. The van der Waals surface area contributed by atoms with Gasteiger partial charge in [0.1, 0.15) is 5.69 Å². The van der Waals surface area contributed by atoms with Crippen molar-refractivity contribution in [2.45, 2.75) is 50.6 Å². The van der Waals surface area contributed by atoms with E-state index in [0.717, 1.165) is 49.4 Å². The van der Waals surface area contributed by atoms with Crippen LogP contribution >= 0.6 is 0 Å². The van der Waals surface area contributed by atoms with Crippen molar-refractivity contribution >= 4 is 28.4 Å². The Morgan fingerprint density at radius 3 is 2.70 bits per heavy atom. The minimum Gasteiger partial charge on any atom is -0.380 e. The summed E-state index contributed by atoms with van der Waals surface area (Å²) >= 11 is 0. The lowest BCUT2D eigenvalue weighted by molar-refractivity contribution is -0.126. The molecule has 6 nitrogen and oxygen atoms in total. The molecule has 3 atom stereocenters. The lowest BCUT2D eigenvalue weighted by Crippen LogP contribution is -2.50. The molecule has 1 aromatic heterocycles. The minimum absolute atomic E-state index is 0.0534. The van der Waals surface area contributed by atoms with E-state index in [2.05, 4.69) is 34.1 Å². The van der Waals surface area contributed by atoms with Gasteiger partial charge in [-0.3, -0.25) is 9.59 Å². The van der Waals surface area contributed by atoms with Crippen LogP contribution in [0.1, 0.15) is 48.2 Å². The molecule has 5 rings (SSSR count). The number of fused-ring (bicyclic) bond motifs is 2. The second-order valence-corrected chi connectivity index (χ2v) is 9.40. The van der Waals surface area contributed by atoms with E-state index in [-0.39, 0.29) is 29.8 Å². The lowest BCUT2D eigenvalue weighted by Gasteiger charge is -2.32. The smallest absolute Gasteiger partial charge is 0.268 e. The summed E-state index contributed by atoms with van der Waals surface area (Å²) in [5.74, 6) is -0.241. The molecule has 3 aromatic rings. The second kappa shape index (κ2) is 9.30. The molecule has 172 valence electrons. The van der Waals surface area contributed by atoms with Gasteiger partial charge in [-0.05, 0) is 49.4 Å². The molecule has 1 aliphatic carbocycles. The van der Waals surface area contributed by atoms with Crippen LogP contribution in [-0.4, -0.2) is 35.0 Å². The van der Waals surface area contributed by atoms with Crippen molar-refractivity contribution in [2.24, 2.45) is 13.0 Å². The molecule has 1 saturated carbocycles. The van der Waals surface area contributed by atoms with E-state index in [1.807, 2.05) is 48.0 Å². The van der Waals surface area contributed by atoms with Crippen LogP contribution in [0.5, 0.6) is 0 Å². The third-order valence-electron chi connectivity index (χ3n) is 7.27. The van der Waals surface area contributed by atoms with E-state index in [9.17, 15) is 9.59 Å². The number of amides is 2. The average Bonchev–Trinajstić information content (AvgIpc) is 3.19. The Morgan fingerprint density at radius 2 is 1.82 bits per heavy atom. The van der Waals surface area contributed by atoms with Gasteiger partial charge in [-0.15, -0.1) is 0 Å².